The van der Waals surface area contributed by atoms with E-state index in [1.165, 1.54) is 0 Å². The van der Waals surface area contributed by atoms with Gasteiger partial charge in [0.05, 0.1) is 0 Å². The number of rotatable bonds is 4. The highest BCUT2D eigenvalue weighted by molar-refractivity contribution is 6.07. The van der Waals surface area contributed by atoms with Crippen LogP contribution in [0.2, 0.25) is 0 Å². The molecule has 2 amide bonds. The number of amides is 2. The van der Waals surface area contributed by atoms with E-state index in [0.717, 1.165) is 16.3 Å². The Balaban J connectivity index is 1.66. The van der Waals surface area contributed by atoms with Gasteiger partial charge >= 0.3 is 0 Å². The van der Waals surface area contributed by atoms with Crippen LogP contribution >= 0.6 is 0 Å². The number of nitrogens with zero attached hydrogens (tertiary/aromatic N) is 1. The molecule has 0 radical (unpaired) electrons. The molecule has 1 atom stereocenters. The first-order valence-electron chi connectivity index (χ1n) is 8.87. The molecule has 3 rings (SSSR count). The summed E-state index contributed by atoms with van der Waals surface area (Å²) in [5, 5.41) is 4.98. The van der Waals surface area contributed by atoms with Crippen LogP contribution in [0.4, 0.5) is 0 Å². The molecular formula is C20H25N3O2. The van der Waals surface area contributed by atoms with Crippen molar-refractivity contribution < 1.29 is 9.59 Å². The number of likely N-dealkylation sites (tertiary alicyclic amines) is 1. The number of nitrogens with one attached hydrogen (secondary N) is 1. The minimum Gasteiger partial charge on any atom is -0.352 e. The number of carbonyl (C=O) groups is 2. The summed E-state index contributed by atoms with van der Waals surface area (Å²) in [6.07, 6.45) is 1.39. The summed E-state index contributed by atoms with van der Waals surface area (Å²) in [4.78, 5) is 27.0. The van der Waals surface area contributed by atoms with E-state index in [1.807, 2.05) is 54.3 Å². The van der Waals surface area contributed by atoms with Gasteiger partial charge in [-0.15, -0.1) is 0 Å². The van der Waals surface area contributed by atoms with Gasteiger partial charge in [-0.2, -0.15) is 0 Å². The Morgan fingerprint density at radius 2 is 1.84 bits per heavy atom. The fourth-order valence-electron chi connectivity index (χ4n) is 3.35. The lowest BCUT2D eigenvalue weighted by Gasteiger charge is -2.32. The molecule has 3 N–H and O–H groups in total. The van der Waals surface area contributed by atoms with E-state index >= 15 is 0 Å². The van der Waals surface area contributed by atoms with Gasteiger partial charge in [-0.1, -0.05) is 36.4 Å². The Kier molecular flexibility index (Phi) is 5.34. The van der Waals surface area contributed by atoms with E-state index in [9.17, 15) is 9.59 Å². The monoisotopic (exact) mass is 339 g/mol. The smallest absolute Gasteiger partial charge is 0.254 e. The average molecular weight is 339 g/mol. The predicted octanol–water partition coefficient (Wildman–Crippen LogP) is 2.16. The zero-order chi connectivity index (χ0) is 17.8. The van der Waals surface area contributed by atoms with Crippen LogP contribution in [0.1, 0.15) is 30.1 Å². The SMILES string of the molecule is C[C@@H](CN)NC(=O)C1CCN(C(=O)c2cccc3ccccc23)CC1. The lowest BCUT2D eigenvalue weighted by atomic mass is 9.94. The normalized spacial score (nSPS) is 16.6. The Bertz CT molecular complexity index is 761. The van der Waals surface area contributed by atoms with E-state index in [0.29, 0.717) is 32.5 Å². The van der Waals surface area contributed by atoms with Crippen molar-refractivity contribution in [1.29, 1.82) is 0 Å². The molecular weight excluding hydrogens is 314 g/mol. The van der Waals surface area contributed by atoms with Gasteiger partial charge in [0, 0.05) is 37.2 Å². The number of fused-ring (bicyclic) bond motifs is 1. The molecule has 1 fully saturated rings. The van der Waals surface area contributed by atoms with E-state index in [-0.39, 0.29) is 23.8 Å². The summed E-state index contributed by atoms with van der Waals surface area (Å²) < 4.78 is 0. The maximum atomic E-state index is 12.9. The van der Waals surface area contributed by atoms with Crippen molar-refractivity contribution in [2.75, 3.05) is 19.6 Å². The standard InChI is InChI=1S/C20H25N3O2/c1-14(13-21)22-19(24)16-9-11-23(12-10-16)20(25)18-8-4-6-15-5-2-3-7-17(15)18/h2-8,14,16H,9-13,21H2,1H3,(H,22,24)/t14-/m0/s1. The van der Waals surface area contributed by atoms with Crippen molar-refractivity contribution in [2.45, 2.75) is 25.8 Å². The molecule has 1 saturated heterocycles. The first-order chi connectivity index (χ1) is 12.1. The molecule has 1 heterocycles. The van der Waals surface area contributed by atoms with Crippen molar-refractivity contribution in [3.05, 3.63) is 48.0 Å². The molecule has 0 saturated carbocycles. The third-order valence-corrected chi connectivity index (χ3v) is 4.92. The molecule has 5 heteroatoms. The van der Waals surface area contributed by atoms with Crippen molar-refractivity contribution in [3.8, 4) is 0 Å². The topological polar surface area (TPSA) is 75.4 Å². The number of nitrogens with two attached hydrogens (primary N) is 1. The van der Waals surface area contributed by atoms with Gasteiger partial charge in [0.1, 0.15) is 0 Å². The number of benzene rings is 2. The van der Waals surface area contributed by atoms with Gasteiger partial charge in [0.15, 0.2) is 0 Å². The Morgan fingerprint density at radius 3 is 2.56 bits per heavy atom. The summed E-state index contributed by atoms with van der Waals surface area (Å²) in [6, 6.07) is 13.7. The lowest BCUT2D eigenvalue weighted by Crippen LogP contribution is -2.46. The molecule has 0 unspecified atom stereocenters. The summed E-state index contributed by atoms with van der Waals surface area (Å²) >= 11 is 0. The molecule has 0 bridgehead atoms. The number of hydrogen-bond acceptors (Lipinski definition) is 3. The van der Waals surface area contributed by atoms with Gasteiger partial charge in [-0.3, -0.25) is 9.59 Å². The Morgan fingerprint density at radius 1 is 1.16 bits per heavy atom. The van der Waals surface area contributed by atoms with Crippen LogP contribution in [0.3, 0.4) is 0 Å². The minimum atomic E-state index is -0.0365. The molecule has 0 aliphatic carbocycles. The van der Waals surface area contributed by atoms with Crippen LogP contribution in [-0.4, -0.2) is 42.4 Å². The number of hydrogen-bond donors (Lipinski definition) is 2. The molecule has 25 heavy (non-hydrogen) atoms. The second-order valence-corrected chi connectivity index (χ2v) is 6.74. The van der Waals surface area contributed by atoms with Crippen molar-refractivity contribution in [3.63, 3.8) is 0 Å². The highest BCUT2D eigenvalue weighted by Gasteiger charge is 2.28. The minimum absolute atomic E-state index is 0.0113. The predicted molar refractivity (Wildman–Crippen MR) is 99.2 cm³/mol. The molecule has 0 spiro atoms. The first-order valence-corrected chi connectivity index (χ1v) is 8.87. The quantitative estimate of drug-likeness (QED) is 0.896. The highest BCUT2D eigenvalue weighted by atomic mass is 16.2. The van der Waals surface area contributed by atoms with Crippen molar-refractivity contribution in [1.82, 2.24) is 10.2 Å². The second-order valence-electron chi connectivity index (χ2n) is 6.74. The molecule has 1 aliphatic heterocycles. The summed E-state index contributed by atoms with van der Waals surface area (Å²) in [5.41, 5.74) is 6.29. The van der Waals surface area contributed by atoms with Crippen molar-refractivity contribution >= 4 is 22.6 Å². The summed E-state index contributed by atoms with van der Waals surface area (Å²) in [7, 11) is 0. The van der Waals surface area contributed by atoms with Crippen LogP contribution in [-0.2, 0) is 4.79 Å². The van der Waals surface area contributed by atoms with Crippen LogP contribution in [0, 0.1) is 5.92 Å². The molecule has 2 aromatic carbocycles. The van der Waals surface area contributed by atoms with E-state index in [1.54, 1.807) is 0 Å². The van der Waals surface area contributed by atoms with Gasteiger partial charge < -0.3 is 16.0 Å². The van der Waals surface area contributed by atoms with Gasteiger partial charge in [0.25, 0.3) is 5.91 Å². The summed E-state index contributed by atoms with van der Waals surface area (Å²) in [6.45, 7) is 3.55. The largest absolute Gasteiger partial charge is 0.352 e. The lowest BCUT2D eigenvalue weighted by molar-refractivity contribution is -0.126. The molecule has 1 aliphatic rings. The zero-order valence-corrected chi connectivity index (χ0v) is 14.6. The van der Waals surface area contributed by atoms with Gasteiger partial charge in [0.2, 0.25) is 5.91 Å². The fourth-order valence-corrected chi connectivity index (χ4v) is 3.35. The van der Waals surface area contributed by atoms with E-state index < -0.39 is 0 Å². The van der Waals surface area contributed by atoms with E-state index in [2.05, 4.69) is 5.32 Å². The van der Waals surface area contributed by atoms with Gasteiger partial charge in [-0.05, 0) is 36.6 Å². The van der Waals surface area contributed by atoms with Crippen LogP contribution < -0.4 is 11.1 Å². The third-order valence-electron chi connectivity index (χ3n) is 4.92. The van der Waals surface area contributed by atoms with Crippen molar-refractivity contribution in [2.24, 2.45) is 11.7 Å². The molecule has 5 nitrogen and oxygen atoms in total. The summed E-state index contributed by atoms with van der Waals surface area (Å²) in [5.74, 6) is 0.0618. The fraction of sp³-hybridized carbons (Fsp3) is 0.400. The number of carbonyl (C=O) groups excluding carboxylic acids is 2. The zero-order valence-electron chi connectivity index (χ0n) is 14.6. The molecule has 2 aromatic rings. The first kappa shape index (κ1) is 17.4. The second kappa shape index (κ2) is 7.66. The molecule has 0 aromatic heterocycles. The van der Waals surface area contributed by atoms with Gasteiger partial charge in [-0.25, -0.2) is 0 Å². The number of piperidine rings is 1. The highest BCUT2D eigenvalue weighted by Crippen LogP contribution is 2.23. The average Bonchev–Trinajstić information content (AvgIpc) is 2.67. The van der Waals surface area contributed by atoms with Crippen LogP contribution in [0.5, 0.6) is 0 Å². The Labute approximate surface area is 148 Å². The van der Waals surface area contributed by atoms with E-state index in [4.69, 9.17) is 5.73 Å². The van der Waals surface area contributed by atoms with Crippen LogP contribution in [0.25, 0.3) is 10.8 Å². The third kappa shape index (κ3) is 3.82. The molecule has 132 valence electrons. The maximum Gasteiger partial charge on any atom is 0.254 e. The maximum absolute atomic E-state index is 12.9. The Hall–Kier alpha value is -2.40. The van der Waals surface area contributed by atoms with Crippen LogP contribution in [0.15, 0.2) is 42.5 Å².